The van der Waals surface area contributed by atoms with Crippen molar-refractivity contribution in [2.45, 2.75) is 19.4 Å². The molecule has 5 nitrogen and oxygen atoms in total. The normalized spacial score (nSPS) is 13.2. The van der Waals surface area contributed by atoms with E-state index < -0.39 is 23.8 Å². The van der Waals surface area contributed by atoms with Gasteiger partial charge in [-0.05, 0) is 25.4 Å². The molecule has 0 aromatic heterocycles. The highest BCUT2D eigenvalue weighted by Gasteiger charge is 2.27. The summed E-state index contributed by atoms with van der Waals surface area (Å²) in [5.74, 6) is -2.25. The second kappa shape index (κ2) is 8.46. The molecule has 2 unspecified atom stereocenters. The number of rotatable bonds is 8. The fraction of sp³-hybridized carbons (Fsp3) is 0.400. The lowest BCUT2D eigenvalue weighted by Gasteiger charge is -2.17. The molecule has 0 spiro atoms. The van der Waals surface area contributed by atoms with Crippen molar-refractivity contribution in [3.05, 3.63) is 35.9 Å². The minimum absolute atomic E-state index is 0.317. The summed E-state index contributed by atoms with van der Waals surface area (Å²) >= 11 is 1.50. The standard InChI is InChI=1S/C15H19NO4S/c1-10(13(17)11-6-4-3-5-7-11)14(18)16-12(15(19)20)8-9-21-2/h3-7,10,12H,8-9H2,1-2H3,(H,16,18)(H,19,20). The molecule has 114 valence electrons. The number of carbonyl (C=O) groups is 3. The van der Waals surface area contributed by atoms with Gasteiger partial charge >= 0.3 is 5.97 Å². The number of thioether (sulfide) groups is 1. The number of carboxylic acids is 1. The van der Waals surface area contributed by atoms with Gasteiger partial charge in [0.1, 0.15) is 6.04 Å². The van der Waals surface area contributed by atoms with Gasteiger partial charge in [0.25, 0.3) is 0 Å². The Hall–Kier alpha value is -1.82. The van der Waals surface area contributed by atoms with Crippen molar-refractivity contribution >= 4 is 29.4 Å². The molecule has 0 saturated heterocycles. The Morgan fingerprint density at radius 3 is 2.38 bits per heavy atom. The number of aliphatic carboxylic acids is 1. The number of ketones is 1. The first-order valence-electron chi connectivity index (χ1n) is 6.58. The molecular weight excluding hydrogens is 290 g/mol. The molecule has 0 saturated carbocycles. The van der Waals surface area contributed by atoms with Gasteiger partial charge in [0.05, 0.1) is 5.92 Å². The molecule has 1 rings (SSSR count). The summed E-state index contributed by atoms with van der Waals surface area (Å²) in [5, 5.41) is 11.5. The Kier molecular flexibility index (Phi) is 6.94. The molecule has 0 heterocycles. The average molecular weight is 309 g/mol. The summed E-state index contributed by atoms with van der Waals surface area (Å²) in [5.41, 5.74) is 0.441. The number of benzene rings is 1. The molecule has 1 aromatic rings. The average Bonchev–Trinajstić information content (AvgIpc) is 2.50. The summed E-state index contributed by atoms with van der Waals surface area (Å²) < 4.78 is 0. The van der Waals surface area contributed by atoms with E-state index in [2.05, 4.69) is 5.32 Å². The molecule has 0 radical (unpaired) electrons. The number of carboxylic acid groups (broad SMARTS) is 1. The van der Waals surface area contributed by atoms with Crippen LogP contribution in [0, 0.1) is 5.92 Å². The molecule has 0 bridgehead atoms. The maximum absolute atomic E-state index is 12.1. The predicted molar refractivity (Wildman–Crippen MR) is 82.5 cm³/mol. The van der Waals surface area contributed by atoms with Crippen LogP contribution in [0.3, 0.4) is 0 Å². The van der Waals surface area contributed by atoms with Gasteiger partial charge < -0.3 is 10.4 Å². The third-order valence-electron chi connectivity index (χ3n) is 3.07. The number of hydrogen-bond acceptors (Lipinski definition) is 4. The summed E-state index contributed by atoms with van der Waals surface area (Å²) in [4.78, 5) is 35.3. The van der Waals surface area contributed by atoms with Crippen LogP contribution in [0.5, 0.6) is 0 Å². The van der Waals surface area contributed by atoms with E-state index in [9.17, 15) is 14.4 Å². The van der Waals surface area contributed by atoms with Crippen LogP contribution in [-0.2, 0) is 9.59 Å². The number of amides is 1. The zero-order valence-electron chi connectivity index (χ0n) is 12.0. The highest BCUT2D eigenvalue weighted by atomic mass is 32.2. The van der Waals surface area contributed by atoms with Gasteiger partial charge in [0.15, 0.2) is 5.78 Å². The lowest BCUT2D eigenvalue weighted by atomic mass is 9.98. The van der Waals surface area contributed by atoms with Gasteiger partial charge in [-0.2, -0.15) is 11.8 Å². The van der Waals surface area contributed by atoms with Crippen LogP contribution >= 0.6 is 11.8 Å². The Morgan fingerprint density at radius 2 is 1.86 bits per heavy atom. The van der Waals surface area contributed by atoms with E-state index in [1.807, 2.05) is 6.26 Å². The Bertz CT molecular complexity index is 504. The van der Waals surface area contributed by atoms with E-state index >= 15 is 0 Å². The van der Waals surface area contributed by atoms with E-state index in [0.29, 0.717) is 17.7 Å². The Balaban J connectivity index is 2.69. The molecule has 2 N–H and O–H groups in total. The van der Waals surface area contributed by atoms with Gasteiger partial charge in [-0.1, -0.05) is 30.3 Å². The van der Waals surface area contributed by atoms with Crippen molar-refractivity contribution in [2.24, 2.45) is 5.92 Å². The fourth-order valence-electron chi connectivity index (χ4n) is 1.76. The highest BCUT2D eigenvalue weighted by molar-refractivity contribution is 7.98. The molecule has 21 heavy (non-hydrogen) atoms. The minimum Gasteiger partial charge on any atom is -0.480 e. The SMILES string of the molecule is CSCCC(NC(=O)C(C)C(=O)c1ccccc1)C(=O)O. The van der Waals surface area contributed by atoms with Crippen LogP contribution in [0.1, 0.15) is 23.7 Å². The predicted octanol–water partition coefficient (Wildman–Crippen LogP) is 1.83. The quantitative estimate of drug-likeness (QED) is 0.565. The molecule has 0 fully saturated rings. The first-order valence-corrected chi connectivity index (χ1v) is 7.98. The van der Waals surface area contributed by atoms with Crippen LogP contribution in [0.25, 0.3) is 0 Å². The first kappa shape index (κ1) is 17.2. The van der Waals surface area contributed by atoms with Crippen LogP contribution in [0.15, 0.2) is 30.3 Å². The van der Waals surface area contributed by atoms with Crippen molar-refractivity contribution < 1.29 is 19.5 Å². The second-order valence-electron chi connectivity index (χ2n) is 4.63. The summed E-state index contributed by atoms with van der Waals surface area (Å²) in [6, 6.07) is 7.52. The number of hydrogen-bond donors (Lipinski definition) is 2. The van der Waals surface area contributed by atoms with Gasteiger partial charge in [-0.15, -0.1) is 0 Å². The summed E-state index contributed by atoms with van der Waals surface area (Å²) in [7, 11) is 0. The minimum atomic E-state index is -1.09. The van der Waals surface area contributed by atoms with Crippen molar-refractivity contribution in [1.29, 1.82) is 0 Å². The third-order valence-corrected chi connectivity index (χ3v) is 3.71. The molecule has 6 heteroatoms. The fourth-order valence-corrected chi connectivity index (χ4v) is 2.23. The van der Waals surface area contributed by atoms with E-state index in [-0.39, 0.29) is 5.78 Å². The van der Waals surface area contributed by atoms with E-state index in [0.717, 1.165) is 0 Å². The van der Waals surface area contributed by atoms with Crippen LogP contribution in [0.2, 0.25) is 0 Å². The van der Waals surface area contributed by atoms with E-state index in [1.54, 1.807) is 30.3 Å². The zero-order valence-corrected chi connectivity index (χ0v) is 12.9. The number of nitrogens with one attached hydrogen (secondary N) is 1. The lowest BCUT2D eigenvalue weighted by molar-refractivity contribution is -0.142. The Morgan fingerprint density at radius 1 is 1.24 bits per heavy atom. The van der Waals surface area contributed by atoms with E-state index in [4.69, 9.17) is 5.11 Å². The monoisotopic (exact) mass is 309 g/mol. The van der Waals surface area contributed by atoms with Gasteiger partial charge in [0, 0.05) is 5.56 Å². The smallest absolute Gasteiger partial charge is 0.326 e. The molecular formula is C15H19NO4S. The molecule has 0 aliphatic rings. The number of carbonyl (C=O) groups excluding carboxylic acids is 2. The molecule has 1 aromatic carbocycles. The van der Waals surface area contributed by atoms with Gasteiger partial charge in [-0.3, -0.25) is 9.59 Å². The molecule has 1 amide bonds. The van der Waals surface area contributed by atoms with Crippen LogP contribution in [-0.4, -0.2) is 40.8 Å². The number of Topliss-reactive ketones (excluding diaryl/α,β-unsaturated/α-hetero) is 1. The van der Waals surface area contributed by atoms with E-state index in [1.165, 1.54) is 18.7 Å². The van der Waals surface area contributed by atoms with Crippen molar-refractivity contribution in [3.8, 4) is 0 Å². The van der Waals surface area contributed by atoms with Gasteiger partial charge in [0.2, 0.25) is 5.91 Å². The maximum Gasteiger partial charge on any atom is 0.326 e. The maximum atomic E-state index is 12.1. The highest BCUT2D eigenvalue weighted by Crippen LogP contribution is 2.10. The lowest BCUT2D eigenvalue weighted by Crippen LogP contribution is -2.45. The molecule has 0 aliphatic carbocycles. The Labute approximate surface area is 128 Å². The topological polar surface area (TPSA) is 83.5 Å². The third kappa shape index (κ3) is 5.23. The van der Waals surface area contributed by atoms with Crippen molar-refractivity contribution in [1.82, 2.24) is 5.32 Å². The van der Waals surface area contributed by atoms with Crippen LogP contribution < -0.4 is 5.32 Å². The second-order valence-corrected chi connectivity index (χ2v) is 5.62. The first-order chi connectivity index (χ1) is 9.97. The summed E-state index contributed by atoms with van der Waals surface area (Å²) in [6.45, 7) is 1.48. The summed E-state index contributed by atoms with van der Waals surface area (Å²) in [6.07, 6.45) is 2.19. The molecule has 0 aliphatic heterocycles. The van der Waals surface area contributed by atoms with Crippen molar-refractivity contribution in [3.63, 3.8) is 0 Å². The largest absolute Gasteiger partial charge is 0.480 e. The van der Waals surface area contributed by atoms with Crippen LogP contribution in [0.4, 0.5) is 0 Å². The van der Waals surface area contributed by atoms with Crippen molar-refractivity contribution in [2.75, 3.05) is 12.0 Å². The molecule has 2 atom stereocenters. The zero-order chi connectivity index (χ0) is 15.8. The van der Waals surface area contributed by atoms with Gasteiger partial charge in [-0.25, -0.2) is 4.79 Å².